The van der Waals surface area contributed by atoms with E-state index >= 15 is 0 Å². The maximum atomic E-state index is 13.4. The van der Waals surface area contributed by atoms with Crippen LogP contribution < -0.4 is 11.1 Å². The Labute approximate surface area is 190 Å². The molecule has 0 bridgehead atoms. The summed E-state index contributed by atoms with van der Waals surface area (Å²) in [6, 6.07) is 16.9. The number of aromatic nitrogens is 5. The molecule has 0 unspecified atom stereocenters. The average molecular weight is 460 g/mol. The molecule has 5 rings (SSSR count). The topological polar surface area (TPSA) is 82.7 Å². The summed E-state index contributed by atoms with van der Waals surface area (Å²) in [5, 5.41) is 11.7. The van der Waals surface area contributed by atoms with Crippen molar-refractivity contribution >= 4 is 44.2 Å². The molecule has 0 spiro atoms. The van der Waals surface area contributed by atoms with Crippen LogP contribution in [0.15, 0.2) is 87.4 Å². The molecule has 7 nitrogen and oxygen atoms in total. The highest BCUT2D eigenvalue weighted by Gasteiger charge is 2.17. The van der Waals surface area contributed by atoms with Gasteiger partial charge in [-0.05, 0) is 17.7 Å². The third-order valence-electron chi connectivity index (χ3n) is 5.00. The first-order valence-corrected chi connectivity index (χ1v) is 11.7. The van der Waals surface area contributed by atoms with E-state index in [-0.39, 0.29) is 17.0 Å². The smallest absolute Gasteiger partial charge is 0.278 e. The number of nitrogens with zero attached hydrogens (tertiary/aromatic N) is 5. The molecule has 0 saturated carbocycles. The monoisotopic (exact) mass is 459 g/mol. The molecule has 0 saturated heterocycles. The number of thioether (sulfide) groups is 1. The zero-order chi connectivity index (χ0) is 22.1. The van der Waals surface area contributed by atoms with Gasteiger partial charge in [0.2, 0.25) is 0 Å². The van der Waals surface area contributed by atoms with Gasteiger partial charge in [0.05, 0.1) is 16.6 Å². The summed E-state index contributed by atoms with van der Waals surface area (Å²) >= 11 is 2.70. The van der Waals surface area contributed by atoms with E-state index in [0.29, 0.717) is 32.8 Å². The van der Waals surface area contributed by atoms with Crippen LogP contribution in [0.4, 0.5) is 0 Å². The van der Waals surface area contributed by atoms with Crippen LogP contribution in [0, 0.1) is 0 Å². The quantitative estimate of drug-likeness (QED) is 0.215. The lowest BCUT2D eigenvalue weighted by Crippen LogP contribution is -2.25. The maximum Gasteiger partial charge on any atom is 0.278 e. The molecule has 0 aliphatic carbocycles. The molecule has 0 atom stereocenters. The summed E-state index contributed by atoms with van der Waals surface area (Å²) in [7, 11) is 0. The largest absolute Gasteiger partial charge is 0.283 e. The number of fused-ring (bicyclic) bond motifs is 2. The van der Waals surface area contributed by atoms with Crippen LogP contribution in [0.2, 0.25) is 0 Å². The Balaban J connectivity index is 1.56. The second-order valence-electron chi connectivity index (χ2n) is 6.98. The van der Waals surface area contributed by atoms with E-state index in [1.165, 1.54) is 27.8 Å². The fourth-order valence-electron chi connectivity index (χ4n) is 3.46. The molecule has 0 N–H and O–H groups in total. The number of hydrogen-bond acceptors (Lipinski definition) is 7. The normalized spacial score (nSPS) is 11.2. The Morgan fingerprint density at radius 1 is 1.03 bits per heavy atom. The van der Waals surface area contributed by atoms with Gasteiger partial charge in [0, 0.05) is 17.5 Å². The third-order valence-corrected chi connectivity index (χ3v) is 6.82. The number of rotatable bonds is 6. The summed E-state index contributed by atoms with van der Waals surface area (Å²) < 4.78 is 2.87. The van der Waals surface area contributed by atoms with Crippen molar-refractivity contribution in [2.24, 2.45) is 0 Å². The molecule has 5 aromatic rings. The fourth-order valence-corrected chi connectivity index (χ4v) is 5.33. The van der Waals surface area contributed by atoms with Crippen LogP contribution in [0.5, 0.6) is 0 Å². The van der Waals surface area contributed by atoms with E-state index in [0.717, 1.165) is 11.1 Å². The predicted octanol–water partition coefficient (Wildman–Crippen LogP) is 4.17. The second-order valence-corrected chi connectivity index (χ2v) is 8.75. The van der Waals surface area contributed by atoms with Gasteiger partial charge in [-0.15, -0.1) is 23.0 Å². The molecule has 9 heteroatoms. The molecular formula is C23H17N5O2S2. The lowest BCUT2D eigenvalue weighted by molar-refractivity contribution is 0.634. The van der Waals surface area contributed by atoms with Gasteiger partial charge < -0.3 is 0 Å². The van der Waals surface area contributed by atoms with Crippen molar-refractivity contribution in [2.75, 3.05) is 0 Å². The Morgan fingerprint density at radius 2 is 1.81 bits per heavy atom. The summed E-state index contributed by atoms with van der Waals surface area (Å²) in [6.07, 6.45) is 1.66. The molecule has 3 heterocycles. The molecule has 3 aromatic heterocycles. The first-order chi connectivity index (χ1) is 15.7. The van der Waals surface area contributed by atoms with Crippen molar-refractivity contribution in [3.63, 3.8) is 0 Å². The van der Waals surface area contributed by atoms with Gasteiger partial charge in [0.15, 0.2) is 5.16 Å². The van der Waals surface area contributed by atoms with Gasteiger partial charge in [-0.3, -0.25) is 14.2 Å². The highest BCUT2D eigenvalue weighted by molar-refractivity contribution is 7.98. The number of hydrogen-bond donors (Lipinski definition) is 0. The van der Waals surface area contributed by atoms with Gasteiger partial charge in [-0.25, -0.2) is 4.98 Å². The molecule has 32 heavy (non-hydrogen) atoms. The van der Waals surface area contributed by atoms with E-state index in [1.807, 2.05) is 41.8 Å². The summed E-state index contributed by atoms with van der Waals surface area (Å²) in [5.41, 5.74) is 2.03. The Hall–Kier alpha value is -3.56. The van der Waals surface area contributed by atoms with Crippen molar-refractivity contribution in [1.29, 1.82) is 0 Å². The zero-order valence-corrected chi connectivity index (χ0v) is 18.5. The van der Waals surface area contributed by atoms with Crippen LogP contribution in [0.1, 0.15) is 0 Å². The fraction of sp³-hybridized carbons (Fsp3) is 0.0870. The van der Waals surface area contributed by atoms with Gasteiger partial charge in [-0.2, -0.15) is 4.68 Å². The molecular weight excluding hydrogens is 442 g/mol. The number of benzene rings is 2. The Bertz CT molecular complexity index is 1570. The van der Waals surface area contributed by atoms with E-state index in [1.54, 1.807) is 28.8 Å². The van der Waals surface area contributed by atoms with Gasteiger partial charge in [0.1, 0.15) is 10.3 Å². The highest BCUT2D eigenvalue weighted by atomic mass is 32.2. The SMILES string of the molecule is C=CCn1c(SCn2nnc3ccccc3c2=O)nc2scc(-c3ccccc3)c2c1=O. The van der Waals surface area contributed by atoms with Crippen molar-refractivity contribution in [3.8, 4) is 11.1 Å². The number of thiophene rings is 1. The molecule has 0 amide bonds. The summed E-state index contributed by atoms with van der Waals surface area (Å²) in [5.74, 6) is 0.183. The van der Waals surface area contributed by atoms with Crippen LogP contribution >= 0.6 is 23.1 Å². The minimum atomic E-state index is -0.232. The molecule has 0 radical (unpaired) electrons. The molecule has 0 aliphatic heterocycles. The van der Waals surface area contributed by atoms with Crippen LogP contribution in [0.25, 0.3) is 32.2 Å². The third kappa shape index (κ3) is 3.55. The Morgan fingerprint density at radius 3 is 2.62 bits per heavy atom. The van der Waals surface area contributed by atoms with Gasteiger partial charge >= 0.3 is 0 Å². The first-order valence-electron chi connectivity index (χ1n) is 9.81. The van der Waals surface area contributed by atoms with Crippen LogP contribution in [-0.4, -0.2) is 24.5 Å². The van der Waals surface area contributed by atoms with Gasteiger partial charge in [0.25, 0.3) is 11.1 Å². The minimum Gasteiger partial charge on any atom is -0.283 e. The summed E-state index contributed by atoms with van der Waals surface area (Å²) in [6.45, 7) is 4.09. The van der Waals surface area contributed by atoms with Crippen LogP contribution in [-0.2, 0) is 12.4 Å². The molecule has 0 aliphatic rings. The lowest BCUT2D eigenvalue weighted by atomic mass is 10.1. The zero-order valence-electron chi connectivity index (χ0n) is 16.8. The summed E-state index contributed by atoms with van der Waals surface area (Å²) in [4.78, 5) is 31.6. The van der Waals surface area contributed by atoms with Crippen molar-refractivity contribution in [3.05, 3.63) is 93.3 Å². The lowest BCUT2D eigenvalue weighted by Gasteiger charge is -2.11. The highest BCUT2D eigenvalue weighted by Crippen LogP contribution is 2.32. The van der Waals surface area contributed by atoms with E-state index in [2.05, 4.69) is 16.9 Å². The average Bonchev–Trinajstić information content (AvgIpc) is 3.26. The van der Waals surface area contributed by atoms with E-state index in [9.17, 15) is 9.59 Å². The van der Waals surface area contributed by atoms with Gasteiger partial charge in [-0.1, -0.05) is 65.5 Å². The van der Waals surface area contributed by atoms with Crippen molar-refractivity contribution in [2.45, 2.75) is 17.6 Å². The Kier molecular flexibility index (Phi) is 5.42. The first kappa shape index (κ1) is 20.3. The standard InChI is InChI=1S/C23H17N5O2S2/c1-2-12-27-22(30)19-17(15-8-4-3-5-9-15)13-31-20(19)24-23(27)32-14-28-21(29)16-10-6-7-11-18(16)25-26-28/h2-11,13H,1,12,14H2. The van der Waals surface area contributed by atoms with Crippen LogP contribution in [0.3, 0.4) is 0 Å². The van der Waals surface area contributed by atoms with E-state index < -0.39 is 0 Å². The maximum absolute atomic E-state index is 13.4. The molecule has 158 valence electrons. The molecule has 2 aromatic carbocycles. The number of allylic oxidation sites excluding steroid dienone is 1. The predicted molar refractivity (Wildman–Crippen MR) is 129 cm³/mol. The van der Waals surface area contributed by atoms with Crippen molar-refractivity contribution < 1.29 is 0 Å². The second kappa shape index (κ2) is 8.52. The van der Waals surface area contributed by atoms with E-state index in [4.69, 9.17) is 4.98 Å². The molecule has 0 fully saturated rings. The van der Waals surface area contributed by atoms with Crippen molar-refractivity contribution in [1.82, 2.24) is 24.5 Å². The minimum absolute atomic E-state index is 0.130.